The van der Waals surface area contributed by atoms with Gasteiger partial charge in [-0.25, -0.2) is 5.43 Å². The highest BCUT2D eigenvalue weighted by Gasteiger charge is 2.12. The molecule has 0 aliphatic rings. The number of benzene rings is 2. The summed E-state index contributed by atoms with van der Waals surface area (Å²) in [6.07, 6.45) is 3.05. The Labute approximate surface area is 170 Å². The molecular formula is C21H17BrN4O2. The maximum atomic E-state index is 12.5. The predicted molar refractivity (Wildman–Crippen MR) is 111 cm³/mol. The van der Waals surface area contributed by atoms with Gasteiger partial charge in [-0.2, -0.15) is 5.10 Å². The fourth-order valence-electron chi connectivity index (χ4n) is 2.42. The average Bonchev–Trinajstić information content (AvgIpc) is 2.75. The Bertz CT molecular complexity index is 992. The van der Waals surface area contributed by atoms with E-state index in [-0.39, 0.29) is 18.4 Å². The highest BCUT2D eigenvalue weighted by atomic mass is 79.9. The number of hydrazone groups is 1. The largest absolute Gasteiger partial charge is 0.346 e. The van der Waals surface area contributed by atoms with E-state index < -0.39 is 0 Å². The van der Waals surface area contributed by atoms with E-state index in [0.717, 1.165) is 5.56 Å². The van der Waals surface area contributed by atoms with Gasteiger partial charge in [-0.1, -0.05) is 42.5 Å². The number of pyridine rings is 1. The minimum absolute atomic E-state index is 0.150. The second-order valence-corrected chi connectivity index (χ2v) is 6.62. The molecule has 0 aliphatic heterocycles. The molecule has 140 valence electrons. The van der Waals surface area contributed by atoms with Gasteiger partial charge in [0.25, 0.3) is 11.8 Å². The number of aromatic nitrogens is 1. The van der Waals surface area contributed by atoms with Gasteiger partial charge in [0.05, 0.1) is 23.4 Å². The maximum absolute atomic E-state index is 12.5. The van der Waals surface area contributed by atoms with Crippen LogP contribution >= 0.6 is 15.9 Å². The quantitative estimate of drug-likeness (QED) is 0.458. The van der Waals surface area contributed by atoms with Crippen LogP contribution in [-0.2, 0) is 0 Å². The maximum Gasteiger partial charge on any atom is 0.272 e. The van der Waals surface area contributed by atoms with Crippen molar-refractivity contribution in [3.8, 4) is 0 Å². The molecule has 0 saturated heterocycles. The lowest BCUT2D eigenvalue weighted by atomic mass is 10.1. The van der Waals surface area contributed by atoms with E-state index in [1.807, 2.05) is 36.4 Å². The number of carbonyl (C=O) groups is 2. The van der Waals surface area contributed by atoms with E-state index in [1.54, 1.807) is 36.5 Å². The van der Waals surface area contributed by atoms with Gasteiger partial charge in [0.1, 0.15) is 0 Å². The number of halogens is 1. The Kier molecular flexibility index (Phi) is 6.64. The molecule has 1 aromatic heterocycles. The first kappa shape index (κ1) is 19.4. The number of hydrogen-bond acceptors (Lipinski definition) is 4. The third kappa shape index (κ3) is 5.11. The summed E-state index contributed by atoms with van der Waals surface area (Å²) < 4.78 is 0.704. The summed E-state index contributed by atoms with van der Waals surface area (Å²) in [6, 6.07) is 19.8. The summed E-state index contributed by atoms with van der Waals surface area (Å²) in [6.45, 7) is 0.150. The Morgan fingerprint density at radius 3 is 2.32 bits per heavy atom. The Balaban J connectivity index is 1.75. The Morgan fingerprint density at radius 1 is 0.893 bits per heavy atom. The Morgan fingerprint density at radius 2 is 1.61 bits per heavy atom. The minimum atomic E-state index is -0.376. The number of carbonyl (C=O) groups excluding carboxylic acids is 2. The molecule has 3 rings (SSSR count). The summed E-state index contributed by atoms with van der Waals surface area (Å²) >= 11 is 3.37. The molecule has 3 aromatic rings. The molecule has 6 nitrogen and oxygen atoms in total. The molecule has 1 heterocycles. The monoisotopic (exact) mass is 436 g/mol. The second kappa shape index (κ2) is 9.57. The van der Waals surface area contributed by atoms with Crippen molar-refractivity contribution < 1.29 is 9.59 Å². The number of amides is 2. The van der Waals surface area contributed by atoms with Crippen LogP contribution in [0.2, 0.25) is 0 Å². The third-order valence-electron chi connectivity index (χ3n) is 3.86. The third-order valence-corrected chi connectivity index (χ3v) is 4.55. The number of hydrogen-bond donors (Lipinski definition) is 2. The fraction of sp³-hybridized carbons (Fsp3) is 0.0476. The summed E-state index contributed by atoms with van der Waals surface area (Å²) in [4.78, 5) is 28.6. The zero-order valence-corrected chi connectivity index (χ0v) is 16.4. The molecule has 0 unspecified atom stereocenters. The lowest BCUT2D eigenvalue weighted by Gasteiger charge is -2.10. The van der Waals surface area contributed by atoms with E-state index >= 15 is 0 Å². The summed E-state index contributed by atoms with van der Waals surface area (Å²) in [5.41, 5.74) is 4.76. The molecule has 0 spiro atoms. The zero-order valence-electron chi connectivity index (χ0n) is 14.8. The SMILES string of the molecule is O=C(NN=C(CNC(=O)c1ccccc1Br)c1ccccc1)c1cccnc1. The van der Waals surface area contributed by atoms with Crippen LogP contribution in [0.3, 0.4) is 0 Å². The van der Waals surface area contributed by atoms with Crippen LogP contribution in [0.15, 0.2) is 88.7 Å². The molecule has 2 aromatic carbocycles. The first-order valence-electron chi connectivity index (χ1n) is 8.50. The molecule has 0 atom stereocenters. The van der Waals surface area contributed by atoms with Crippen LogP contribution in [0.25, 0.3) is 0 Å². The van der Waals surface area contributed by atoms with Gasteiger partial charge in [0.2, 0.25) is 0 Å². The van der Waals surface area contributed by atoms with Gasteiger partial charge in [-0.3, -0.25) is 14.6 Å². The molecule has 28 heavy (non-hydrogen) atoms. The van der Waals surface area contributed by atoms with Gasteiger partial charge >= 0.3 is 0 Å². The van der Waals surface area contributed by atoms with E-state index in [1.165, 1.54) is 6.20 Å². The lowest BCUT2D eigenvalue weighted by Crippen LogP contribution is -2.32. The van der Waals surface area contributed by atoms with Gasteiger partial charge in [-0.15, -0.1) is 0 Å². The topological polar surface area (TPSA) is 83.5 Å². The first-order chi connectivity index (χ1) is 13.6. The number of nitrogens with one attached hydrogen (secondary N) is 2. The molecule has 0 radical (unpaired) electrons. The van der Waals surface area contributed by atoms with Crippen LogP contribution in [-0.4, -0.2) is 29.1 Å². The highest BCUT2D eigenvalue weighted by Crippen LogP contribution is 2.15. The lowest BCUT2D eigenvalue weighted by molar-refractivity contribution is 0.0951. The minimum Gasteiger partial charge on any atom is -0.346 e. The first-order valence-corrected chi connectivity index (χ1v) is 9.29. The number of rotatable bonds is 6. The second-order valence-electron chi connectivity index (χ2n) is 5.77. The normalized spacial score (nSPS) is 11.0. The van der Waals surface area contributed by atoms with Crippen LogP contribution < -0.4 is 10.7 Å². The zero-order chi connectivity index (χ0) is 19.8. The van der Waals surface area contributed by atoms with Crippen LogP contribution in [0.5, 0.6) is 0 Å². The summed E-state index contributed by atoms with van der Waals surface area (Å²) in [7, 11) is 0. The van der Waals surface area contributed by atoms with Crippen molar-refractivity contribution in [2.75, 3.05) is 6.54 Å². The van der Waals surface area contributed by atoms with Gasteiger partial charge < -0.3 is 5.32 Å². The van der Waals surface area contributed by atoms with E-state index in [2.05, 4.69) is 36.8 Å². The van der Waals surface area contributed by atoms with E-state index in [9.17, 15) is 9.59 Å². The van der Waals surface area contributed by atoms with E-state index in [0.29, 0.717) is 21.3 Å². The molecule has 2 amide bonds. The number of nitrogens with zero attached hydrogens (tertiary/aromatic N) is 2. The van der Waals surface area contributed by atoms with Crippen molar-refractivity contribution in [3.63, 3.8) is 0 Å². The Hall–Kier alpha value is -3.32. The van der Waals surface area contributed by atoms with Crippen molar-refractivity contribution >= 4 is 33.5 Å². The molecule has 7 heteroatoms. The molecule has 0 fully saturated rings. The molecule has 0 aliphatic carbocycles. The highest BCUT2D eigenvalue weighted by molar-refractivity contribution is 9.10. The van der Waals surface area contributed by atoms with Crippen molar-refractivity contribution in [3.05, 3.63) is 100 Å². The average molecular weight is 437 g/mol. The van der Waals surface area contributed by atoms with Crippen LogP contribution in [0, 0.1) is 0 Å². The van der Waals surface area contributed by atoms with Crippen molar-refractivity contribution in [1.82, 2.24) is 15.7 Å². The molecular weight excluding hydrogens is 420 g/mol. The van der Waals surface area contributed by atoms with Crippen LogP contribution in [0.4, 0.5) is 0 Å². The van der Waals surface area contributed by atoms with E-state index in [4.69, 9.17) is 0 Å². The summed E-state index contributed by atoms with van der Waals surface area (Å²) in [5.74, 6) is -0.617. The smallest absolute Gasteiger partial charge is 0.272 e. The predicted octanol–water partition coefficient (Wildman–Crippen LogP) is 3.41. The van der Waals surface area contributed by atoms with Crippen molar-refractivity contribution in [1.29, 1.82) is 0 Å². The standard InChI is InChI=1S/C21H17BrN4O2/c22-18-11-5-4-10-17(18)21(28)24-14-19(15-7-2-1-3-8-15)25-26-20(27)16-9-6-12-23-13-16/h1-13H,14H2,(H,24,28)(H,26,27). The van der Waals surface area contributed by atoms with Gasteiger partial charge in [-0.05, 0) is 45.8 Å². The van der Waals surface area contributed by atoms with Gasteiger partial charge in [0, 0.05) is 16.9 Å². The summed E-state index contributed by atoms with van der Waals surface area (Å²) in [5, 5.41) is 7.06. The van der Waals surface area contributed by atoms with Crippen molar-refractivity contribution in [2.45, 2.75) is 0 Å². The molecule has 0 saturated carbocycles. The van der Waals surface area contributed by atoms with Crippen molar-refractivity contribution in [2.24, 2.45) is 5.10 Å². The molecule has 0 bridgehead atoms. The molecule has 2 N–H and O–H groups in total. The fourth-order valence-corrected chi connectivity index (χ4v) is 2.89. The van der Waals surface area contributed by atoms with Gasteiger partial charge in [0.15, 0.2) is 0 Å². The van der Waals surface area contributed by atoms with Crippen LogP contribution in [0.1, 0.15) is 26.3 Å².